The van der Waals surface area contributed by atoms with Gasteiger partial charge in [-0.2, -0.15) is 18.4 Å². The van der Waals surface area contributed by atoms with Gasteiger partial charge in [0, 0.05) is 6.07 Å². The number of hydrogen-bond acceptors (Lipinski definition) is 4. The van der Waals surface area contributed by atoms with Crippen molar-refractivity contribution in [2.45, 2.75) is 13.1 Å². The fraction of sp³-hybridized carbons (Fsp3) is 0.154. The summed E-state index contributed by atoms with van der Waals surface area (Å²) in [6.45, 7) is 1.67. The Hall–Kier alpha value is -2.14. The maximum atomic E-state index is 12.6. The van der Waals surface area contributed by atoms with Gasteiger partial charge in [-0.1, -0.05) is 0 Å². The van der Waals surface area contributed by atoms with Gasteiger partial charge in [-0.05, 0) is 41.1 Å². The van der Waals surface area contributed by atoms with Gasteiger partial charge in [-0.3, -0.25) is 0 Å². The molecule has 0 bridgehead atoms. The zero-order chi connectivity index (χ0) is 15.6. The molecule has 2 rings (SSSR count). The summed E-state index contributed by atoms with van der Waals surface area (Å²) in [5, 5.41) is 11.8. The summed E-state index contributed by atoms with van der Waals surface area (Å²) >= 11 is 3.19. The van der Waals surface area contributed by atoms with Crippen LogP contribution >= 0.6 is 15.9 Å². The smallest absolute Gasteiger partial charge is 0.339 e. The van der Waals surface area contributed by atoms with E-state index in [1.807, 2.05) is 0 Å². The lowest BCUT2D eigenvalue weighted by atomic mass is 10.1. The molecule has 0 saturated carbocycles. The summed E-state index contributed by atoms with van der Waals surface area (Å²) in [5.74, 6) is 0.864. The minimum atomic E-state index is -4.49. The number of rotatable bonds is 2. The van der Waals surface area contributed by atoms with Crippen molar-refractivity contribution >= 4 is 27.4 Å². The van der Waals surface area contributed by atoms with E-state index < -0.39 is 11.7 Å². The molecule has 0 spiro atoms. The SMILES string of the molecule is Cc1nc(Br)cc(Nc2ccc(C(F)(F)F)cc2C#N)n1. The fourth-order valence-corrected chi connectivity index (χ4v) is 2.13. The molecule has 0 aliphatic rings. The van der Waals surface area contributed by atoms with Gasteiger partial charge in [-0.25, -0.2) is 9.97 Å². The maximum absolute atomic E-state index is 12.6. The Morgan fingerprint density at radius 3 is 2.52 bits per heavy atom. The summed E-state index contributed by atoms with van der Waals surface area (Å²) in [5.41, 5.74) is -0.739. The van der Waals surface area contributed by atoms with Crippen molar-refractivity contribution in [2.24, 2.45) is 0 Å². The first-order valence-corrected chi connectivity index (χ1v) is 6.48. The molecule has 0 atom stereocenters. The third-order valence-corrected chi connectivity index (χ3v) is 2.94. The number of alkyl halides is 3. The molecule has 0 unspecified atom stereocenters. The van der Waals surface area contributed by atoms with Crippen LogP contribution in [0, 0.1) is 18.3 Å². The second-order valence-electron chi connectivity index (χ2n) is 4.12. The minimum Gasteiger partial charge on any atom is -0.339 e. The van der Waals surface area contributed by atoms with E-state index in [0.29, 0.717) is 16.2 Å². The highest BCUT2D eigenvalue weighted by Gasteiger charge is 2.31. The standard InChI is InChI=1S/C13H8BrF3N4/c1-7-19-11(14)5-12(20-7)21-10-3-2-9(13(15,16)17)4-8(10)6-18/h2-5H,1H3,(H,19,20,21). The van der Waals surface area contributed by atoms with Crippen LogP contribution in [0.4, 0.5) is 24.7 Å². The Morgan fingerprint density at radius 2 is 1.95 bits per heavy atom. The summed E-state index contributed by atoms with van der Waals surface area (Å²) in [7, 11) is 0. The molecule has 0 fully saturated rings. The predicted octanol–water partition coefficient (Wildman–Crippen LogP) is 4.18. The number of anilines is 2. The Bertz CT molecular complexity index is 702. The Balaban J connectivity index is 2.39. The summed E-state index contributed by atoms with van der Waals surface area (Å²) < 4.78 is 38.4. The molecule has 108 valence electrons. The van der Waals surface area contributed by atoms with E-state index in [2.05, 4.69) is 31.2 Å². The van der Waals surface area contributed by atoms with Crippen LogP contribution in [0.15, 0.2) is 28.9 Å². The van der Waals surface area contributed by atoms with Crippen LogP contribution < -0.4 is 5.32 Å². The van der Waals surface area contributed by atoms with Crippen molar-refractivity contribution in [3.63, 3.8) is 0 Å². The Morgan fingerprint density at radius 1 is 1.24 bits per heavy atom. The second-order valence-corrected chi connectivity index (χ2v) is 4.93. The van der Waals surface area contributed by atoms with Crippen molar-refractivity contribution in [3.8, 4) is 6.07 Å². The maximum Gasteiger partial charge on any atom is 0.416 e. The molecule has 2 aromatic rings. The first-order valence-electron chi connectivity index (χ1n) is 5.69. The van der Waals surface area contributed by atoms with Gasteiger partial charge in [-0.15, -0.1) is 0 Å². The molecule has 1 N–H and O–H groups in total. The van der Waals surface area contributed by atoms with E-state index in [1.165, 1.54) is 6.07 Å². The van der Waals surface area contributed by atoms with Gasteiger partial charge in [0.25, 0.3) is 0 Å². The average molecular weight is 357 g/mol. The fourth-order valence-electron chi connectivity index (χ4n) is 1.66. The molecule has 0 radical (unpaired) electrons. The van der Waals surface area contributed by atoms with Crippen molar-refractivity contribution < 1.29 is 13.2 Å². The number of nitrogens with one attached hydrogen (secondary N) is 1. The van der Waals surface area contributed by atoms with Gasteiger partial charge >= 0.3 is 6.18 Å². The summed E-state index contributed by atoms with van der Waals surface area (Å²) in [6.07, 6.45) is -4.49. The average Bonchev–Trinajstić information content (AvgIpc) is 2.36. The van der Waals surface area contributed by atoms with Crippen LogP contribution in [-0.2, 0) is 6.18 Å². The van der Waals surface area contributed by atoms with Crippen LogP contribution in [0.2, 0.25) is 0 Å². The number of aryl methyl sites for hydroxylation is 1. The largest absolute Gasteiger partial charge is 0.416 e. The molecule has 0 saturated heterocycles. The number of benzene rings is 1. The molecule has 0 amide bonds. The summed E-state index contributed by atoms with van der Waals surface area (Å²) in [4.78, 5) is 8.11. The quantitative estimate of drug-likeness (QED) is 0.819. The number of nitrogens with zero attached hydrogens (tertiary/aromatic N) is 3. The highest BCUT2D eigenvalue weighted by Crippen LogP contribution is 2.32. The van der Waals surface area contributed by atoms with E-state index in [4.69, 9.17) is 5.26 Å². The predicted molar refractivity (Wildman–Crippen MR) is 73.9 cm³/mol. The first kappa shape index (κ1) is 15.3. The molecule has 21 heavy (non-hydrogen) atoms. The molecule has 1 aromatic heterocycles. The first-order chi connectivity index (χ1) is 9.79. The molecule has 4 nitrogen and oxygen atoms in total. The van der Waals surface area contributed by atoms with E-state index >= 15 is 0 Å². The molecule has 0 aliphatic heterocycles. The summed E-state index contributed by atoms with van der Waals surface area (Å²) in [6, 6.07) is 6.21. The van der Waals surface area contributed by atoms with E-state index in [-0.39, 0.29) is 11.3 Å². The third-order valence-electron chi connectivity index (χ3n) is 2.54. The topological polar surface area (TPSA) is 61.6 Å². The van der Waals surface area contributed by atoms with Crippen LogP contribution in [0.25, 0.3) is 0 Å². The third kappa shape index (κ3) is 3.70. The highest BCUT2D eigenvalue weighted by molar-refractivity contribution is 9.10. The van der Waals surface area contributed by atoms with Gasteiger partial charge in [0.2, 0.25) is 0 Å². The number of nitriles is 1. The number of hydrogen-bond donors (Lipinski definition) is 1. The Labute approximate surface area is 126 Å². The van der Waals surface area contributed by atoms with E-state index in [1.54, 1.807) is 19.1 Å². The van der Waals surface area contributed by atoms with Crippen LogP contribution in [0.3, 0.4) is 0 Å². The van der Waals surface area contributed by atoms with Crippen LogP contribution in [-0.4, -0.2) is 9.97 Å². The Kier molecular flexibility index (Phi) is 4.14. The molecular formula is C13H8BrF3N4. The van der Waals surface area contributed by atoms with Crippen molar-refractivity contribution in [2.75, 3.05) is 5.32 Å². The van der Waals surface area contributed by atoms with Crippen LogP contribution in [0.1, 0.15) is 17.0 Å². The normalized spacial score (nSPS) is 11.0. The van der Waals surface area contributed by atoms with Gasteiger partial charge in [0.1, 0.15) is 22.3 Å². The zero-order valence-electron chi connectivity index (χ0n) is 10.7. The molecule has 8 heteroatoms. The molecule has 1 heterocycles. The number of aromatic nitrogens is 2. The van der Waals surface area contributed by atoms with Crippen molar-refractivity contribution in [1.29, 1.82) is 5.26 Å². The minimum absolute atomic E-state index is 0.114. The van der Waals surface area contributed by atoms with Crippen molar-refractivity contribution in [1.82, 2.24) is 9.97 Å². The number of halogens is 4. The second kappa shape index (κ2) is 5.69. The lowest BCUT2D eigenvalue weighted by Crippen LogP contribution is -2.06. The lowest BCUT2D eigenvalue weighted by Gasteiger charge is -2.11. The molecule has 1 aromatic carbocycles. The van der Waals surface area contributed by atoms with Gasteiger partial charge in [0.05, 0.1) is 16.8 Å². The van der Waals surface area contributed by atoms with Crippen LogP contribution in [0.5, 0.6) is 0 Å². The monoisotopic (exact) mass is 356 g/mol. The van der Waals surface area contributed by atoms with Gasteiger partial charge in [0.15, 0.2) is 0 Å². The zero-order valence-corrected chi connectivity index (χ0v) is 12.2. The van der Waals surface area contributed by atoms with Crippen molar-refractivity contribution in [3.05, 3.63) is 45.8 Å². The van der Waals surface area contributed by atoms with E-state index in [9.17, 15) is 13.2 Å². The lowest BCUT2D eigenvalue weighted by molar-refractivity contribution is -0.137. The highest BCUT2D eigenvalue weighted by atomic mass is 79.9. The van der Waals surface area contributed by atoms with E-state index in [0.717, 1.165) is 12.1 Å². The molecule has 0 aliphatic carbocycles. The molecular weight excluding hydrogens is 349 g/mol. The van der Waals surface area contributed by atoms with Gasteiger partial charge < -0.3 is 5.32 Å².